The molecule has 1 aliphatic carbocycles. The quantitative estimate of drug-likeness (QED) is 0.586. The zero-order chi connectivity index (χ0) is 19.5. The molecular weight excluding hydrogens is 360 g/mol. The summed E-state index contributed by atoms with van der Waals surface area (Å²) in [5, 5.41) is 0. The van der Waals surface area contributed by atoms with Gasteiger partial charge in [-0.05, 0) is 24.3 Å². The molecular formula is C22H20O6. The molecule has 0 bridgehead atoms. The number of carbonyl (C=O) groups is 3. The Bertz CT molecular complexity index is 863. The number of carbonyl (C=O) groups excluding carboxylic acids is 3. The highest BCUT2D eigenvalue weighted by Gasteiger charge is 2.52. The van der Waals surface area contributed by atoms with E-state index in [0.29, 0.717) is 17.5 Å². The molecule has 4 rings (SSSR count). The Morgan fingerprint density at radius 1 is 0.929 bits per heavy atom. The molecule has 0 amide bonds. The number of hydrogen-bond donors (Lipinski definition) is 0. The van der Waals surface area contributed by atoms with Crippen LogP contribution in [-0.4, -0.2) is 36.7 Å². The number of benzene rings is 2. The lowest BCUT2D eigenvalue weighted by Gasteiger charge is -2.22. The second-order valence-electron chi connectivity index (χ2n) is 7.07. The van der Waals surface area contributed by atoms with Crippen molar-refractivity contribution in [2.45, 2.75) is 25.0 Å². The maximum atomic E-state index is 12.5. The first-order valence-corrected chi connectivity index (χ1v) is 9.29. The molecule has 6 heteroatoms. The van der Waals surface area contributed by atoms with Gasteiger partial charge in [0.15, 0.2) is 0 Å². The Balaban J connectivity index is 1.45. The molecule has 2 fully saturated rings. The van der Waals surface area contributed by atoms with Gasteiger partial charge < -0.3 is 14.2 Å². The van der Waals surface area contributed by atoms with Gasteiger partial charge >= 0.3 is 17.9 Å². The van der Waals surface area contributed by atoms with Crippen molar-refractivity contribution in [1.82, 2.24) is 0 Å². The third kappa shape index (κ3) is 3.76. The van der Waals surface area contributed by atoms with E-state index in [4.69, 9.17) is 14.2 Å². The molecule has 0 aromatic heterocycles. The second kappa shape index (κ2) is 7.84. The van der Waals surface area contributed by atoms with Crippen LogP contribution in [0.15, 0.2) is 60.7 Å². The zero-order valence-corrected chi connectivity index (χ0v) is 15.2. The topological polar surface area (TPSA) is 78.9 Å². The minimum Gasteiger partial charge on any atom is -0.462 e. The third-order valence-electron chi connectivity index (χ3n) is 5.34. The summed E-state index contributed by atoms with van der Waals surface area (Å²) in [6.07, 6.45) is -0.110. The second-order valence-corrected chi connectivity index (χ2v) is 7.07. The van der Waals surface area contributed by atoms with Gasteiger partial charge in [-0.2, -0.15) is 0 Å². The summed E-state index contributed by atoms with van der Waals surface area (Å²) < 4.78 is 16.5. The number of ether oxygens (including phenoxy) is 3. The van der Waals surface area contributed by atoms with Crippen LogP contribution in [0, 0.1) is 11.8 Å². The van der Waals surface area contributed by atoms with Crippen molar-refractivity contribution in [2.24, 2.45) is 11.8 Å². The Morgan fingerprint density at radius 2 is 1.54 bits per heavy atom. The van der Waals surface area contributed by atoms with E-state index < -0.39 is 18.0 Å². The number of esters is 3. The largest absolute Gasteiger partial charge is 0.462 e. The SMILES string of the molecule is O=C1C[C@H]2[C@H](COC(=O)c3ccccc3)[C@@H](OC(=O)c3ccccc3)C[C@H]2O1. The van der Waals surface area contributed by atoms with Crippen LogP contribution in [0.3, 0.4) is 0 Å². The summed E-state index contributed by atoms with van der Waals surface area (Å²) in [7, 11) is 0. The Kier molecular flexibility index (Phi) is 5.10. The molecule has 6 nitrogen and oxygen atoms in total. The van der Waals surface area contributed by atoms with E-state index in [1.165, 1.54) is 0 Å². The first-order chi connectivity index (χ1) is 13.6. The monoisotopic (exact) mass is 380 g/mol. The maximum absolute atomic E-state index is 12.5. The molecule has 4 atom stereocenters. The molecule has 1 aliphatic heterocycles. The summed E-state index contributed by atoms with van der Waals surface area (Å²) in [6.45, 7) is 0.0677. The lowest BCUT2D eigenvalue weighted by molar-refractivity contribution is -0.141. The van der Waals surface area contributed by atoms with Gasteiger partial charge in [0.25, 0.3) is 0 Å². The van der Waals surface area contributed by atoms with Gasteiger partial charge in [-0.1, -0.05) is 36.4 Å². The van der Waals surface area contributed by atoms with Crippen LogP contribution >= 0.6 is 0 Å². The first kappa shape index (κ1) is 18.2. The molecule has 28 heavy (non-hydrogen) atoms. The summed E-state index contributed by atoms with van der Waals surface area (Å²) in [4.78, 5) is 36.4. The molecule has 1 saturated heterocycles. The molecule has 0 spiro atoms. The molecule has 0 unspecified atom stereocenters. The van der Waals surface area contributed by atoms with E-state index in [2.05, 4.69) is 0 Å². The molecule has 144 valence electrons. The van der Waals surface area contributed by atoms with Gasteiger partial charge in [-0.3, -0.25) is 4.79 Å². The lowest BCUT2D eigenvalue weighted by atomic mass is 9.93. The van der Waals surface area contributed by atoms with Gasteiger partial charge in [0.1, 0.15) is 12.2 Å². The molecule has 2 aromatic rings. The van der Waals surface area contributed by atoms with Gasteiger partial charge in [-0.15, -0.1) is 0 Å². The maximum Gasteiger partial charge on any atom is 0.338 e. The average molecular weight is 380 g/mol. The van der Waals surface area contributed by atoms with Crippen molar-refractivity contribution in [1.29, 1.82) is 0 Å². The molecule has 1 saturated carbocycles. The summed E-state index contributed by atoms with van der Waals surface area (Å²) in [5.41, 5.74) is 0.908. The number of hydrogen-bond acceptors (Lipinski definition) is 6. The van der Waals surface area contributed by atoms with E-state index in [1.54, 1.807) is 48.5 Å². The van der Waals surface area contributed by atoms with Crippen molar-refractivity contribution in [3.8, 4) is 0 Å². The average Bonchev–Trinajstić information content (AvgIpc) is 3.23. The highest BCUT2D eigenvalue weighted by molar-refractivity contribution is 5.90. The predicted octanol–water partition coefficient (Wildman–Crippen LogP) is 3.02. The highest BCUT2D eigenvalue weighted by atomic mass is 16.6. The zero-order valence-electron chi connectivity index (χ0n) is 15.2. The van der Waals surface area contributed by atoms with Gasteiger partial charge in [0.05, 0.1) is 24.2 Å². The fraction of sp³-hybridized carbons (Fsp3) is 0.318. The minimum absolute atomic E-state index is 0.0677. The van der Waals surface area contributed by atoms with Crippen LogP contribution < -0.4 is 0 Å². The van der Waals surface area contributed by atoms with E-state index >= 15 is 0 Å². The van der Waals surface area contributed by atoms with Gasteiger partial charge in [0, 0.05) is 18.3 Å². The molecule has 2 aromatic carbocycles. The van der Waals surface area contributed by atoms with Crippen LogP contribution in [0.1, 0.15) is 33.6 Å². The van der Waals surface area contributed by atoms with Gasteiger partial charge in [0.2, 0.25) is 0 Å². The normalized spacial score (nSPS) is 25.6. The number of fused-ring (bicyclic) bond motifs is 1. The van der Waals surface area contributed by atoms with Crippen molar-refractivity contribution in [3.63, 3.8) is 0 Å². The van der Waals surface area contributed by atoms with Crippen molar-refractivity contribution in [2.75, 3.05) is 6.61 Å². The first-order valence-electron chi connectivity index (χ1n) is 9.29. The molecule has 2 aliphatic rings. The molecule has 1 heterocycles. The summed E-state index contributed by atoms with van der Waals surface area (Å²) in [5.74, 6) is -1.54. The summed E-state index contributed by atoms with van der Waals surface area (Å²) in [6, 6.07) is 17.4. The van der Waals surface area contributed by atoms with Crippen LogP contribution in [0.2, 0.25) is 0 Å². The highest BCUT2D eigenvalue weighted by Crippen LogP contribution is 2.43. The lowest BCUT2D eigenvalue weighted by Crippen LogP contribution is -2.30. The summed E-state index contributed by atoms with van der Waals surface area (Å²) >= 11 is 0. The Hall–Kier alpha value is -3.15. The van der Waals surface area contributed by atoms with Crippen molar-refractivity contribution >= 4 is 17.9 Å². The van der Waals surface area contributed by atoms with Gasteiger partial charge in [-0.25, -0.2) is 9.59 Å². The Morgan fingerprint density at radius 3 is 2.18 bits per heavy atom. The van der Waals surface area contributed by atoms with E-state index in [-0.39, 0.29) is 36.9 Å². The van der Waals surface area contributed by atoms with Crippen molar-refractivity contribution < 1.29 is 28.6 Å². The minimum atomic E-state index is -0.473. The third-order valence-corrected chi connectivity index (χ3v) is 5.34. The fourth-order valence-corrected chi connectivity index (χ4v) is 3.93. The smallest absolute Gasteiger partial charge is 0.338 e. The van der Waals surface area contributed by atoms with Crippen LogP contribution in [0.5, 0.6) is 0 Å². The molecule has 0 radical (unpaired) electrons. The van der Waals surface area contributed by atoms with Crippen LogP contribution in [0.4, 0.5) is 0 Å². The Labute approximate surface area is 162 Å². The van der Waals surface area contributed by atoms with E-state index in [9.17, 15) is 14.4 Å². The molecule has 0 N–H and O–H groups in total. The van der Waals surface area contributed by atoms with E-state index in [1.807, 2.05) is 12.1 Å². The standard InChI is InChI=1S/C22H20O6/c23-20-11-16-17(13-26-21(24)14-7-3-1-4-8-14)19(12-18(16)27-20)28-22(25)15-9-5-2-6-10-15/h1-10,16-19H,11-13H2/t16-,17-,18+,19-/m0/s1. The number of rotatable bonds is 5. The van der Waals surface area contributed by atoms with E-state index in [0.717, 1.165) is 0 Å². The van der Waals surface area contributed by atoms with Crippen LogP contribution in [-0.2, 0) is 19.0 Å². The van der Waals surface area contributed by atoms with Crippen LogP contribution in [0.25, 0.3) is 0 Å². The predicted molar refractivity (Wildman–Crippen MR) is 98.5 cm³/mol. The fourth-order valence-electron chi connectivity index (χ4n) is 3.93. The van der Waals surface area contributed by atoms with Crippen molar-refractivity contribution in [3.05, 3.63) is 71.8 Å².